The van der Waals surface area contributed by atoms with Crippen LogP contribution in [0.5, 0.6) is 0 Å². The van der Waals surface area contributed by atoms with Crippen LogP contribution in [-0.4, -0.2) is 49.7 Å². The zero-order valence-corrected chi connectivity index (χ0v) is 15.9. The summed E-state index contributed by atoms with van der Waals surface area (Å²) in [6.45, 7) is 0. The lowest BCUT2D eigenvalue weighted by Gasteiger charge is -2.19. The first-order valence-electron chi connectivity index (χ1n) is 7.70. The van der Waals surface area contributed by atoms with Crippen LogP contribution in [-0.2, 0) is 0 Å². The lowest BCUT2D eigenvalue weighted by atomic mass is 10.3. The van der Waals surface area contributed by atoms with Gasteiger partial charge in [-0.25, -0.2) is 9.78 Å². The molecule has 0 fully saturated rings. The first-order valence-corrected chi connectivity index (χ1v) is 8.52. The summed E-state index contributed by atoms with van der Waals surface area (Å²) in [5.41, 5.74) is -3.60. The Labute approximate surface area is 159 Å². The number of halogens is 3. The SMILES string of the molecule is CN(C)c1ncc(NC(=O)Nc2ccc(SC(F)(F)F)cc2)c(N(C)C)n1. The molecule has 1 heterocycles. The largest absolute Gasteiger partial charge is 0.446 e. The molecular weight excluding hydrogens is 381 g/mol. The van der Waals surface area contributed by atoms with E-state index in [0.717, 1.165) is 0 Å². The van der Waals surface area contributed by atoms with Crippen molar-refractivity contribution in [2.75, 3.05) is 48.6 Å². The molecule has 0 aliphatic heterocycles. The molecule has 1 aromatic heterocycles. The van der Waals surface area contributed by atoms with Crippen LogP contribution in [0.2, 0.25) is 0 Å². The van der Waals surface area contributed by atoms with Crippen LogP contribution < -0.4 is 20.4 Å². The normalized spacial score (nSPS) is 11.1. The number of rotatable bonds is 5. The van der Waals surface area contributed by atoms with Gasteiger partial charge < -0.3 is 20.4 Å². The van der Waals surface area contributed by atoms with Gasteiger partial charge in [0.25, 0.3) is 0 Å². The van der Waals surface area contributed by atoms with Crippen molar-refractivity contribution in [2.24, 2.45) is 0 Å². The Morgan fingerprint density at radius 2 is 1.67 bits per heavy atom. The van der Waals surface area contributed by atoms with Crippen molar-refractivity contribution in [3.8, 4) is 0 Å². The molecular formula is C16H19F3N6OS. The summed E-state index contributed by atoms with van der Waals surface area (Å²) in [5.74, 6) is 1.00. The highest BCUT2D eigenvalue weighted by Gasteiger charge is 2.29. The maximum Gasteiger partial charge on any atom is 0.446 e. The number of thioether (sulfide) groups is 1. The number of benzene rings is 1. The quantitative estimate of drug-likeness (QED) is 0.743. The molecule has 2 amide bonds. The zero-order chi connectivity index (χ0) is 20.2. The van der Waals surface area contributed by atoms with Crippen LogP contribution in [0.3, 0.4) is 0 Å². The average Bonchev–Trinajstić information content (AvgIpc) is 2.55. The van der Waals surface area contributed by atoms with Gasteiger partial charge in [0.1, 0.15) is 5.69 Å². The van der Waals surface area contributed by atoms with Crippen molar-refractivity contribution in [2.45, 2.75) is 10.4 Å². The number of nitrogens with one attached hydrogen (secondary N) is 2. The van der Waals surface area contributed by atoms with Crippen molar-refractivity contribution in [3.05, 3.63) is 30.5 Å². The number of aromatic nitrogens is 2. The fourth-order valence-corrected chi connectivity index (χ4v) is 2.57. The maximum absolute atomic E-state index is 12.3. The summed E-state index contributed by atoms with van der Waals surface area (Å²) in [5, 5.41) is 5.20. The third-order valence-electron chi connectivity index (χ3n) is 3.17. The fraction of sp³-hybridized carbons (Fsp3) is 0.312. The lowest BCUT2D eigenvalue weighted by Crippen LogP contribution is -2.23. The smallest absolute Gasteiger partial charge is 0.361 e. The molecule has 0 radical (unpaired) electrons. The Bertz CT molecular complexity index is 796. The zero-order valence-electron chi connectivity index (χ0n) is 15.1. The average molecular weight is 400 g/mol. The van der Waals surface area contributed by atoms with Crippen LogP contribution in [0.15, 0.2) is 35.4 Å². The van der Waals surface area contributed by atoms with Crippen LogP contribution >= 0.6 is 11.8 Å². The molecule has 1 aromatic carbocycles. The van der Waals surface area contributed by atoms with Crippen molar-refractivity contribution >= 4 is 40.9 Å². The molecule has 0 atom stereocenters. The van der Waals surface area contributed by atoms with E-state index in [1.807, 2.05) is 0 Å². The third-order valence-corrected chi connectivity index (χ3v) is 3.91. The number of alkyl halides is 3. The van der Waals surface area contributed by atoms with Gasteiger partial charge in [0.2, 0.25) is 5.95 Å². The van der Waals surface area contributed by atoms with Crippen molar-refractivity contribution < 1.29 is 18.0 Å². The highest BCUT2D eigenvalue weighted by atomic mass is 32.2. The highest BCUT2D eigenvalue weighted by Crippen LogP contribution is 2.37. The van der Waals surface area contributed by atoms with Gasteiger partial charge in [0, 0.05) is 38.8 Å². The van der Waals surface area contributed by atoms with E-state index in [4.69, 9.17) is 0 Å². The molecule has 2 rings (SSSR count). The van der Waals surface area contributed by atoms with Gasteiger partial charge in [0.15, 0.2) is 5.82 Å². The van der Waals surface area contributed by atoms with Crippen molar-refractivity contribution in [3.63, 3.8) is 0 Å². The summed E-state index contributed by atoms with van der Waals surface area (Å²) in [6.07, 6.45) is 1.49. The van der Waals surface area contributed by atoms with E-state index in [-0.39, 0.29) is 16.7 Å². The second-order valence-electron chi connectivity index (χ2n) is 5.85. The summed E-state index contributed by atoms with van der Waals surface area (Å²) in [4.78, 5) is 24.2. The van der Waals surface area contributed by atoms with E-state index < -0.39 is 11.5 Å². The van der Waals surface area contributed by atoms with Gasteiger partial charge in [0.05, 0.1) is 6.20 Å². The van der Waals surface area contributed by atoms with E-state index >= 15 is 0 Å². The molecule has 0 aliphatic rings. The molecule has 7 nitrogen and oxygen atoms in total. The third kappa shape index (κ3) is 6.20. The number of amides is 2. The Morgan fingerprint density at radius 1 is 1.04 bits per heavy atom. The Kier molecular flexibility index (Phi) is 6.37. The maximum atomic E-state index is 12.3. The van der Waals surface area contributed by atoms with Gasteiger partial charge >= 0.3 is 11.5 Å². The van der Waals surface area contributed by atoms with Gasteiger partial charge in [-0.15, -0.1) is 0 Å². The number of carbonyl (C=O) groups is 1. The Morgan fingerprint density at radius 3 is 2.19 bits per heavy atom. The number of anilines is 4. The number of nitrogens with zero attached hydrogens (tertiary/aromatic N) is 4. The van der Waals surface area contributed by atoms with Crippen LogP contribution in [0, 0.1) is 0 Å². The van der Waals surface area contributed by atoms with Crippen LogP contribution in [0.25, 0.3) is 0 Å². The fourth-order valence-electron chi connectivity index (χ4n) is 2.03. The molecule has 27 heavy (non-hydrogen) atoms. The summed E-state index contributed by atoms with van der Waals surface area (Å²) in [7, 11) is 7.16. The first-order chi connectivity index (χ1) is 12.5. The van der Waals surface area contributed by atoms with Crippen molar-refractivity contribution in [1.29, 1.82) is 0 Å². The standard InChI is InChI=1S/C16H19F3N6OS/c1-24(2)13-12(9-20-14(23-13)25(3)4)22-15(26)21-10-5-7-11(8-6-10)27-16(17,18)19/h5-9H,1-4H3,(H2,21,22,26). The summed E-state index contributed by atoms with van der Waals surface area (Å²) >= 11 is -0.215. The van der Waals surface area contributed by atoms with Crippen LogP contribution in [0.4, 0.5) is 41.1 Å². The summed E-state index contributed by atoms with van der Waals surface area (Å²) < 4.78 is 37.0. The molecule has 0 spiro atoms. The predicted molar refractivity (Wildman–Crippen MR) is 102 cm³/mol. The van der Waals surface area contributed by atoms with Gasteiger partial charge in [-0.2, -0.15) is 18.2 Å². The highest BCUT2D eigenvalue weighted by molar-refractivity contribution is 8.00. The molecule has 2 aromatic rings. The van der Waals surface area contributed by atoms with E-state index in [9.17, 15) is 18.0 Å². The minimum Gasteiger partial charge on any atom is -0.361 e. The second-order valence-corrected chi connectivity index (χ2v) is 6.99. The van der Waals surface area contributed by atoms with Crippen LogP contribution in [0.1, 0.15) is 0 Å². The molecule has 0 bridgehead atoms. The Hall–Kier alpha value is -2.69. The minimum absolute atomic E-state index is 0.0380. The summed E-state index contributed by atoms with van der Waals surface area (Å²) in [6, 6.07) is 4.80. The number of hydrogen-bond acceptors (Lipinski definition) is 6. The Balaban J connectivity index is 2.07. The molecule has 0 saturated heterocycles. The second kappa shape index (κ2) is 8.33. The number of urea groups is 1. The van der Waals surface area contributed by atoms with Gasteiger partial charge in [-0.1, -0.05) is 0 Å². The van der Waals surface area contributed by atoms with E-state index in [0.29, 0.717) is 23.1 Å². The van der Waals surface area contributed by atoms with E-state index in [1.54, 1.807) is 38.0 Å². The molecule has 0 aliphatic carbocycles. The van der Waals surface area contributed by atoms with E-state index in [1.165, 1.54) is 30.5 Å². The topological polar surface area (TPSA) is 73.4 Å². The predicted octanol–water partition coefficient (Wildman–Crippen LogP) is 3.86. The van der Waals surface area contributed by atoms with Gasteiger partial charge in [-0.3, -0.25) is 0 Å². The number of carbonyl (C=O) groups excluding carboxylic acids is 1. The first kappa shape index (κ1) is 20.6. The van der Waals surface area contributed by atoms with Gasteiger partial charge in [-0.05, 0) is 36.0 Å². The molecule has 0 unspecified atom stereocenters. The molecule has 11 heteroatoms. The number of hydrogen-bond donors (Lipinski definition) is 2. The lowest BCUT2D eigenvalue weighted by molar-refractivity contribution is -0.0328. The molecule has 146 valence electrons. The molecule has 2 N–H and O–H groups in total. The van der Waals surface area contributed by atoms with Crippen molar-refractivity contribution in [1.82, 2.24) is 9.97 Å². The monoisotopic (exact) mass is 400 g/mol. The molecule has 0 saturated carbocycles. The minimum atomic E-state index is -4.35. The van der Waals surface area contributed by atoms with E-state index in [2.05, 4.69) is 20.6 Å².